The second-order valence-corrected chi connectivity index (χ2v) is 5.93. The number of nitrogens with two attached hydrogens (primary N) is 1. The SMILES string of the molecule is CC(C)(CO)Oc1ccc(CCN)cc1.CC(C)C. The maximum atomic E-state index is 9.05. The van der Waals surface area contributed by atoms with Gasteiger partial charge in [0.2, 0.25) is 0 Å². The van der Waals surface area contributed by atoms with Crippen LogP contribution in [0.25, 0.3) is 0 Å². The highest BCUT2D eigenvalue weighted by Gasteiger charge is 2.17. The van der Waals surface area contributed by atoms with Crippen LogP contribution >= 0.6 is 0 Å². The number of hydrogen-bond acceptors (Lipinski definition) is 3. The summed E-state index contributed by atoms with van der Waals surface area (Å²) in [5.74, 6) is 1.61. The lowest BCUT2D eigenvalue weighted by Crippen LogP contribution is -2.32. The number of aliphatic hydroxyl groups is 1. The van der Waals surface area contributed by atoms with Crippen molar-refractivity contribution in [3.63, 3.8) is 0 Å². The minimum atomic E-state index is -0.532. The fourth-order valence-corrected chi connectivity index (χ4v) is 1.24. The van der Waals surface area contributed by atoms with Crippen molar-refractivity contribution >= 4 is 0 Å². The van der Waals surface area contributed by atoms with Crippen LogP contribution in [0, 0.1) is 5.92 Å². The Balaban J connectivity index is 0.000000711. The molecule has 0 aliphatic heterocycles. The third-order valence-corrected chi connectivity index (χ3v) is 2.13. The lowest BCUT2D eigenvalue weighted by molar-refractivity contribution is 0.0412. The van der Waals surface area contributed by atoms with Gasteiger partial charge in [-0.2, -0.15) is 0 Å². The van der Waals surface area contributed by atoms with E-state index in [-0.39, 0.29) is 6.61 Å². The van der Waals surface area contributed by atoms with Crippen LogP contribution < -0.4 is 10.5 Å². The predicted molar refractivity (Wildman–Crippen MR) is 81.5 cm³/mol. The maximum Gasteiger partial charge on any atom is 0.126 e. The van der Waals surface area contributed by atoms with Gasteiger partial charge in [-0.1, -0.05) is 32.9 Å². The van der Waals surface area contributed by atoms with Crippen LogP contribution in [0.3, 0.4) is 0 Å². The molecule has 110 valence electrons. The third kappa shape index (κ3) is 9.51. The van der Waals surface area contributed by atoms with Crippen molar-refractivity contribution in [1.82, 2.24) is 0 Å². The lowest BCUT2D eigenvalue weighted by Gasteiger charge is -2.23. The molecule has 0 fully saturated rings. The molecule has 0 bridgehead atoms. The van der Waals surface area contributed by atoms with E-state index < -0.39 is 5.60 Å². The van der Waals surface area contributed by atoms with Gasteiger partial charge >= 0.3 is 0 Å². The first-order chi connectivity index (χ1) is 8.80. The van der Waals surface area contributed by atoms with Crippen LogP contribution in [-0.2, 0) is 6.42 Å². The van der Waals surface area contributed by atoms with E-state index in [1.54, 1.807) is 0 Å². The molecule has 0 amide bonds. The summed E-state index contributed by atoms with van der Waals surface area (Å²) in [4.78, 5) is 0. The average Bonchev–Trinajstić information content (AvgIpc) is 2.31. The van der Waals surface area contributed by atoms with Gasteiger partial charge in [0.15, 0.2) is 0 Å². The molecule has 0 spiro atoms. The molecular formula is C16H29NO2. The van der Waals surface area contributed by atoms with Crippen LogP contribution in [-0.4, -0.2) is 23.9 Å². The van der Waals surface area contributed by atoms with Gasteiger partial charge in [0.1, 0.15) is 11.4 Å². The van der Waals surface area contributed by atoms with Crippen LogP contribution in [0.15, 0.2) is 24.3 Å². The summed E-state index contributed by atoms with van der Waals surface area (Å²) in [6.45, 7) is 10.8. The Kier molecular flexibility index (Phi) is 8.44. The molecule has 1 aromatic rings. The number of rotatable bonds is 5. The summed E-state index contributed by atoms with van der Waals surface area (Å²) in [5.41, 5.74) is 6.13. The summed E-state index contributed by atoms with van der Waals surface area (Å²) < 4.78 is 5.60. The van der Waals surface area contributed by atoms with Gasteiger partial charge in [0.05, 0.1) is 6.61 Å². The smallest absolute Gasteiger partial charge is 0.126 e. The zero-order chi connectivity index (χ0) is 14.9. The van der Waals surface area contributed by atoms with Gasteiger partial charge in [0, 0.05) is 0 Å². The van der Waals surface area contributed by atoms with E-state index in [9.17, 15) is 0 Å². The fourth-order valence-electron chi connectivity index (χ4n) is 1.24. The third-order valence-electron chi connectivity index (χ3n) is 2.13. The minimum Gasteiger partial charge on any atom is -0.485 e. The minimum absolute atomic E-state index is 0.00243. The molecule has 0 saturated carbocycles. The molecule has 3 heteroatoms. The Morgan fingerprint density at radius 2 is 1.63 bits per heavy atom. The summed E-state index contributed by atoms with van der Waals surface area (Å²) in [6, 6.07) is 7.80. The Morgan fingerprint density at radius 1 is 1.16 bits per heavy atom. The molecule has 0 saturated heterocycles. The molecule has 0 aliphatic rings. The lowest BCUT2D eigenvalue weighted by atomic mass is 10.1. The van der Waals surface area contributed by atoms with E-state index in [1.165, 1.54) is 5.56 Å². The Hall–Kier alpha value is -1.06. The molecule has 1 aromatic carbocycles. The normalized spacial score (nSPS) is 10.9. The number of benzene rings is 1. The Bertz CT molecular complexity index is 328. The summed E-state index contributed by atoms with van der Waals surface area (Å²) in [6.07, 6.45) is 0.879. The second-order valence-electron chi connectivity index (χ2n) is 5.93. The van der Waals surface area contributed by atoms with Crippen molar-refractivity contribution in [2.45, 2.75) is 46.6 Å². The van der Waals surface area contributed by atoms with Crippen molar-refractivity contribution < 1.29 is 9.84 Å². The van der Waals surface area contributed by atoms with E-state index in [4.69, 9.17) is 15.6 Å². The number of ether oxygens (including phenoxy) is 1. The first kappa shape index (κ1) is 17.9. The molecule has 0 radical (unpaired) electrons. The molecule has 0 aromatic heterocycles. The molecule has 0 aliphatic carbocycles. The molecule has 3 N–H and O–H groups in total. The zero-order valence-corrected chi connectivity index (χ0v) is 12.9. The monoisotopic (exact) mass is 267 g/mol. The highest BCUT2D eigenvalue weighted by Crippen LogP contribution is 2.18. The topological polar surface area (TPSA) is 55.5 Å². The Labute approximate surface area is 117 Å². The van der Waals surface area contributed by atoms with Crippen molar-refractivity contribution in [3.8, 4) is 5.75 Å². The molecule has 1 rings (SSSR count). The summed E-state index contributed by atoms with van der Waals surface area (Å²) in [5, 5.41) is 9.05. The Morgan fingerprint density at radius 3 is 2.00 bits per heavy atom. The average molecular weight is 267 g/mol. The van der Waals surface area contributed by atoms with Crippen molar-refractivity contribution in [1.29, 1.82) is 0 Å². The molecule has 0 heterocycles. The second kappa shape index (κ2) is 8.94. The van der Waals surface area contributed by atoms with Crippen molar-refractivity contribution in [2.24, 2.45) is 11.7 Å². The van der Waals surface area contributed by atoms with E-state index in [2.05, 4.69) is 20.8 Å². The largest absolute Gasteiger partial charge is 0.485 e. The highest BCUT2D eigenvalue weighted by molar-refractivity contribution is 5.28. The van der Waals surface area contributed by atoms with Crippen LogP contribution in [0.4, 0.5) is 0 Å². The van der Waals surface area contributed by atoms with Crippen molar-refractivity contribution in [2.75, 3.05) is 13.2 Å². The summed E-state index contributed by atoms with van der Waals surface area (Å²) >= 11 is 0. The molecular weight excluding hydrogens is 238 g/mol. The summed E-state index contributed by atoms with van der Waals surface area (Å²) in [7, 11) is 0. The number of aliphatic hydroxyl groups excluding tert-OH is 1. The van der Waals surface area contributed by atoms with E-state index in [0.717, 1.165) is 18.1 Å². The van der Waals surface area contributed by atoms with Crippen LogP contribution in [0.1, 0.15) is 40.2 Å². The van der Waals surface area contributed by atoms with Gasteiger partial charge in [-0.15, -0.1) is 0 Å². The van der Waals surface area contributed by atoms with Gasteiger partial charge in [-0.05, 0) is 50.4 Å². The van der Waals surface area contributed by atoms with Gasteiger partial charge in [0.25, 0.3) is 0 Å². The van der Waals surface area contributed by atoms with E-state index >= 15 is 0 Å². The molecule has 19 heavy (non-hydrogen) atoms. The quantitative estimate of drug-likeness (QED) is 0.862. The van der Waals surface area contributed by atoms with E-state index in [0.29, 0.717) is 6.54 Å². The first-order valence-corrected chi connectivity index (χ1v) is 6.89. The first-order valence-electron chi connectivity index (χ1n) is 6.89. The predicted octanol–water partition coefficient (Wildman–Crippen LogP) is 3.00. The van der Waals surface area contributed by atoms with Crippen LogP contribution in [0.2, 0.25) is 0 Å². The zero-order valence-electron chi connectivity index (χ0n) is 12.9. The molecule has 0 atom stereocenters. The maximum absolute atomic E-state index is 9.05. The van der Waals surface area contributed by atoms with Crippen molar-refractivity contribution in [3.05, 3.63) is 29.8 Å². The van der Waals surface area contributed by atoms with Gasteiger partial charge in [-0.3, -0.25) is 0 Å². The van der Waals surface area contributed by atoms with Crippen LogP contribution in [0.5, 0.6) is 5.75 Å². The molecule has 0 unspecified atom stereocenters. The van der Waals surface area contributed by atoms with E-state index in [1.807, 2.05) is 38.1 Å². The number of hydrogen-bond donors (Lipinski definition) is 2. The van der Waals surface area contributed by atoms with Gasteiger partial charge in [-0.25, -0.2) is 0 Å². The molecule has 3 nitrogen and oxygen atoms in total. The van der Waals surface area contributed by atoms with Gasteiger partial charge < -0.3 is 15.6 Å². The standard InChI is InChI=1S/C12H19NO2.C4H10/c1-12(2,9-14)15-11-5-3-10(4-6-11)7-8-13;1-4(2)3/h3-6,14H,7-9,13H2,1-2H3;4H,1-3H3. The highest BCUT2D eigenvalue weighted by atomic mass is 16.5. The fraction of sp³-hybridized carbons (Fsp3) is 0.625.